The molecule has 1 atom stereocenters. The summed E-state index contributed by atoms with van der Waals surface area (Å²) in [6, 6.07) is 0.0286. The van der Waals surface area contributed by atoms with E-state index in [1.165, 1.54) is 24.3 Å². The van der Waals surface area contributed by atoms with Gasteiger partial charge in [0, 0.05) is 6.04 Å². The van der Waals surface area contributed by atoms with Gasteiger partial charge in [-0.1, -0.05) is 0 Å². The van der Waals surface area contributed by atoms with Gasteiger partial charge >= 0.3 is 0 Å². The fraction of sp³-hybridized carbons (Fsp3) is 1.00. The van der Waals surface area contributed by atoms with Crippen LogP contribution in [0.1, 0.15) is 12.8 Å². The predicted molar refractivity (Wildman–Crippen MR) is 45.1 cm³/mol. The molecule has 1 saturated heterocycles. The summed E-state index contributed by atoms with van der Waals surface area (Å²) in [7, 11) is 0. The summed E-state index contributed by atoms with van der Waals surface area (Å²) in [5.74, 6) is 3.02. The van der Waals surface area contributed by atoms with Crippen molar-refractivity contribution in [2.45, 2.75) is 18.9 Å². The predicted octanol–water partition coefficient (Wildman–Crippen LogP) is 0.449. The number of rotatable bonds is 2. The van der Waals surface area contributed by atoms with E-state index in [2.05, 4.69) is 0 Å². The number of nitrogens with two attached hydrogens (primary N) is 1. The van der Waals surface area contributed by atoms with Gasteiger partial charge < -0.3 is 10.8 Å². The van der Waals surface area contributed by atoms with Gasteiger partial charge in [-0.25, -0.2) is 0 Å². The lowest BCUT2D eigenvalue weighted by molar-refractivity contribution is 0.220. The van der Waals surface area contributed by atoms with Crippen molar-refractivity contribution in [3.05, 3.63) is 0 Å². The molecule has 0 amide bonds. The topological polar surface area (TPSA) is 46.2 Å². The second kappa shape index (κ2) is 4.21. The second-order valence-corrected chi connectivity index (χ2v) is 4.02. The van der Waals surface area contributed by atoms with Crippen molar-refractivity contribution >= 4 is 11.8 Å². The van der Waals surface area contributed by atoms with Gasteiger partial charge in [-0.05, 0) is 30.3 Å². The first-order chi connectivity index (χ1) is 4.84. The van der Waals surface area contributed by atoms with Gasteiger partial charge in [0.15, 0.2) is 0 Å². The minimum atomic E-state index is 0.0286. The third kappa shape index (κ3) is 2.15. The first-order valence-corrected chi connectivity index (χ1v) is 4.94. The number of aliphatic hydroxyl groups excluding tert-OH is 1. The molecule has 1 aliphatic rings. The quantitative estimate of drug-likeness (QED) is 0.618. The molecule has 1 fully saturated rings. The van der Waals surface area contributed by atoms with Crippen LogP contribution in [0.25, 0.3) is 0 Å². The zero-order valence-corrected chi connectivity index (χ0v) is 6.94. The molecule has 0 spiro atoms. The van der Waals surface area contributed by atoms with Gasteiger partial charge in [0.2, 0.25) is 0 Å². The Kier molecular flexibility index (Phi) is 3.52. The number of hydrogen-bond donors (Lipinski definition) is 2. The second-order valence-electron chi connectivity index (χ2n) is 2.80. The monoisotopic (exact) mass is 161 g/mol. The van der Waals surface area contributed by atoms with E-state index >= 15 is 0 Å². The molecule has 1 rings (SSSR count). The lowest BCUT2D eigenvalue weighted by Gasteiger charge is -2.25. The molecule has 1 heterocycles. The number of hydrogen-bond acceptors (Lipinski definition) is 3. The minimum Gasteiger partial charge on any atom is -0.395 e. The SMILES string of the molecule is N[C@H](CO)C1CCSCC1. The van der Waals surface area contributed by atoms with Crippen molar-refractivity contribution in [3.8, 4) is 0 Å². The Morgan fingerprint density at radius 3 is 2.60 bits per heavy atom. The first-order valence-electron chi connectivity index (χ1n) is 3.78. The van der Waals surface area contributed by atoms with E-state index in [1.54, 1.807) is 0 Å². The van der Waals surface area contributed by atoms with Crippen LogP contribution < -0.4 is 5.73 Å². The van der Waals surface area contributed by atoms with Crippen LogP contribution in [0, 0.1) is 5.92 Å². The molecule has 0 unspecified atom stereocenters. The molecule has 1 aliphatic heterocycles. The van der Waals surface area contributed by atoms with Gasteiger partial charge in [-0.15, -0.1) is 0 Å². The highest BCUT2D eigenvalue weighted by atomic mass is 32.2. The van der Waals surface area contributed by atoms with Crippen LogP contribution in [-0.4, -0.2) is 29.3 Å². The largest absolute Gasteiger partial charge is 0.395 e. The van der Waals surface area contributed by atoms with Crippen molar-refractivity contribution < 1.29 is 5.11 Å². The summed E-state index contributed by atoms with van der Waals surface area (Å²) in [5, 5.41) is 8.76. The molecule has 0 aromatic heterocycles. The molecule has 3 N–H and O–H groups in total. The molecular weight excluding hydrogens is 146 g/mol. The van der Waals surface area contributed by atoms with Crippen LogP contribution in [-0.2, 0) is 0 Å². The average Bonchev–Trinajstić information content (AvgIpc) is 2.05. The Hall–Kier alpha value is 0.270. The summed E-state index contributed by atoms with van der Waals surface area (Å²) >= 11 is 1.99. The molecule has 10 heavy (non-hydrogen) atoms. The Morgan fingerprint density at radius 2 is 2.10 bits per heavy atom. The van der Waals surface area contributed by atoms with E-state index in [9.17, 15) is 0 Å². The smallest absolute Gasteiger partial charge is 0.0585 e. The number of thioether (sulfide) groups is 1. The molecule has 0 bridgehead atoms. The summed E-state index contributed by atoms with van der Waals surface area (Å²) in [6.45, 7) is 0.148. The Labute approximate surface area is 66.2 Å². The third-order valence-corrected chi connectivity index (χ3v) is 3.13. The molecular formula is C7H15NOS. The number of aliphatic hydroxyl groups is 1. The molecule has 0 aliphatic carbocycles. The highest BCUT2D eigenvalue weighted by molar-refractivity contribution is 7.99. The fourth-order valence-electron chi connectivity index (χ4n) is 1.29. The van der Waals surface area contributed by atoms with Crippen LogP contribution in [0.15, 0.2) is 0 Å². The van der Waals surface area contributed by atoms with Gasteiger partial charge in [0.25, 0.3) is 0 Å². The maximum absolute atomic E-state index is 8.76. The van der Waals surface area contributed by atoms with E-state index in [0.717, 1.165) is 0 Å². The highest BCUT2D eigenvalue weighted by Crippen LogP contribution is 2.24. The van der Waals surface area contributed by atoms with Crippen molar-refractivity contribution in [1.29, 1.82) is 0 Å². The first kappa shape index (κ1) is 8.37. The van der Waals surface area contributed by atoms with Crippen LogP contribution in [0.5, 0.6) is 0 Å². The summed E-state index contributed by atoms with van der Waals surface area (Å²) in [4.78, 5) is 0. The van der Waals surface area contributed by atoms with Crippen LogP contribution in [0.4, 0.5) is 0 Å². The van der Waals surface area contributed by atoms with Gasteiger partial charge in [0.05, 0.1) is 6.61 Å². The Morgan fingerprint density at radius 1 is 1.50 bits per heavy atom. The molecule has 3 heteroatoms. The fourth-order valence-corrected chi connectivity index (χ4v) is 2.44. The third-order valence-electron chi connectivity index (χ3n) is 2.08. The molecule has 0 radical (unpaired) electrons. The van der Waals surface area contributed by atoms with Crippen LogP contribution in [0.2, 0.25) is 0 Å². The summed E-state index contributed by atoms with van der Waals surface area (Å²) < 4.78 is 0. The van der Waals surface area contributed by atoms with Crippen molar-refractivity contribution in [1.82, 2.24) is 0 Å². The lowest BCUT2D eigenvalue weighted by Crippen LogP contribution is -2.35. The molecule has 2 nitrogen and oxygen atoms in total. The Balaban J connectivity index is 2.24. The average molecular weight is 161 g/mol. The zero-order chi connectivity index (χ0) is 7.40. The Bertz CT molecular complexity index is 93.6. The molecule has 0 aromatic rings. The van der Waals surface area contributed by atoms with E-state index in [0.29, 0.717) is 5.92 Å². The molecule has 0 saturated carbocycles. The minimum absolute atomic E-state index is 0.0286. The zero-order valence-electron chi connectivity index (χ0n) is 6.12. The summed E-state index contributed by atoms with van der Waals surface area (Å²) in [6.07, 6.45) is 2.37. The van der Waals surface area contributed by atoms with E-state index in [-0.39, 0.29) is 12.6 Å². The highest BCUT2D eigenvalue weighted by Gasteiger charge is 2.19. The van der Waals surface area contributed by atoms with E-state index in [1.807, 2.05) is 11.8 Å². The standard InChI is InChI=1S/C7H15NOS/c8-7(5-9)6-1-3-10-4-2-6/h6-7,9H,1-5,8H2/t7-/m1/s1. The van der Waals surface area contributed by atoms with E-state index < -0.39 is 0 Å². The molecule has 60 valence electrons. The van der Waals surface area contributed by atoms with Crippen molar-refractivity contribution in [3.63, 3.8) is 0 Å². The summed E-state index contributed by atoms with van der Waals surface area (Å²) in [5.41, 5.74) is 5.69. The maximum Gasteiger partial charge on any atom is 0.0585 e. The van der Waals surface area contributed by atoms with Crippen molar-refractivity contribution in [2.75, 3.05) is 18.1 Å². The molecule has 0 aromatic carbocycles. The van der Waals surface area contributed by atoms with Gasteiger partial charge in [-0.2, -0.15) is 11.8 Å². The van der Waals surface area contributed by atoms with E-state index in [4.69, 9.17) is 10.8 Å². The van der Waals surface area contributed by atoms with Crippen molar-refractivity contribution in [2.24, 2.45) is 11.7 Å². The normalized spacial score (nSPS) is 24.6. The van der Waals surface area contributed by atoms with Crippen LogP contribution >= 0.6 is 11.8 Å². The van der Waals surface area contributed by atoms with Gasteiger partial charge in [-0.3, -0.25) is 0 Å². The maximum atomic E-state index is 8.76. The van der Waals surface area contributed by atoms with Gasteiger partial charge in [0.1, 0.15) is 0 Å². The van der Waals surface area contributed by atoms with Crippen LogP contribution in [0.3, 0.4) is 0 Å². The lowest BCUT2D eigenvalue weighted by atomic mass is 9.95.